The Morgan fingerprint density at radius 3 is 2.44 bits per heavy atom. The lowest BCUT2D eigenvalue weighted by atomic mass is 9.67. The molecule has 1 heterocycles. The highest BCUT2D eigenvalue weighted by atomic mass is 35.5. The van der Waals surface area contributed by atoms with Gasteiger partial charge >= 0.3 is 0 Å². The number of carbonyl (C=O) groups excluding carboxylic acids is 1. The number of rotatable bonds is 6. The molecule has 1 saturated heterocycles. The largest absolute Gasteiger partial charge is 0.454 e. The van der Waals surface area contributed by atoms with E-state index in [9.17, 15) is 4.79 Å². The summed E-state index contributed by atoms with van der Waals surface area (Å²) >= 11 is 12.3. The molecular formula is C28H32Cl2N2O2. The topological polar surface area (TPSA) is 41.6 Å². The molecule has 0 spiro atoms. The molecule has 5 aliphatic rings. The molecule has 1 aliphatic heterocycles. The van der Waals surface area contributed by atoms with E-state index in [0.717, 1.165) is 61.5 Å². The van der Waals surface area contributed by atoms with Crippen LogP contribution < -0.4 is 10.1 Å². The van der Waals surface area contributed by atoms with Crippen molar-refractivity contribution >= 4 is 34.8 Å². The van der Waals surface area contributed by atoms with E-state index >= 15 is 0 Å². The number of likely N-dealkylation sites (tertiary alicyclic amines) is 1. The Bertz CT molecular complexity index is 1060. The SMILES string of the molecule is O=C(CC12CC3CC(C1)C(C3)C2)N1CCC(Nc2ccccc2Oc2ccc(Cl)cc2Cl)CC1. The number of amides is 1. The summed E-state index contributed by atoms with van der Waals surface area (Å²) in [5.41, 5.74) is 1.28. The molecule has 4 nitrogen and oxygen atoms in total. The molecule has 4 aliphatic carbocycles. The van der Waals surface area contributed by atoms with Gasteiger partial charge in [0.05, 0.1) is 10.7 Å². The van der Waals surface area contributed by atoms with E-state index in [1.165, 1.54) is 32.1 Å². The minimum absolute atomic E-state index is 0.311. The Kier molecular flexibility index (Phi) is 5.93. The van der Waals surface area contributed by atoms with Crippen molar-refractivity contribution in [3.05, 3.63) is 52.5 Å². The van der Waals surface area contributed by atoms with E-state index in [4.69, 9.17) is 27.9 Å². The third-order valence-corrected chi connectivity index (χ3v) is 9.32. The maximum absolute atomic E-state index is 13.2. The molecule has 0 aromatic heterocycles. The fraction of sp³-hybridized carbons (Fsp3) is 0.536. The monoisotopic (exact) mass is 498 g/mol. The molecule has 1 N–H and O–H groups in total. The van der Waals surface area contributed by atoms with Crippen molar-refractivity contribution in [3.8, 4) is 11.5 Å². The van der Waals surface area contributed by atoms with Gasteiger partial charge in [-0.1, -0.05) is 35.3 Å². The molecule has 1 amide bonds. The van der Waals surface area contributed by atoms with Gasteiger partial charge < -0.3 is 15.0 Å². The number of anilines is 1. The standard InChI is InChI=1S/C28H32Cl2N2O2/c29-21-5-6-25(23(30)13-21)34-26-4-2-1-3-24(26)31-22-7-9-32(10-8-22)27(33)17-28-14-18-11-19(15-28)20(12-18)16-28/h1-6,13,18-20,22,31H,7-12,14-17H2. The number of nitrogens with zero attached hydrogens (tertiary/aromatic N) is 1. The molecule has 34 heavy (non-hydrogen) atoms. The van der Waals surface area contributed by atoms with Crippen LogP contribution in [0.15, 0.2) is 42.5 Å². The van der Waals surface area contributed by atoms with Gasteiger partial charge in [0, 0.05) is 30.6 Å². The van der Waals surface area contributed by atoms with E-state index in [1.54, 1.807) is 18.2 Å². The van der Waals surface area contributed by atoms with E-state index < -0.39 is 0 Å². The lowest BCUT2D eigenvalue weighted by Gasteiger charge is -2.40. The van der Waals surface area contributed by atoms with Gasteiger partial charge in [0.2, 0.25) is 5.91 Å². The first kappa shape index (κ1) is 22.5. The number of piperidine rings is 1. The predicted molar refractivity (Wildman–Crippen MR) is 137 cm³/mol. The number of hydrogen-bond donors (Lipinski definition) is 1. The smallest absolute Gasteiger partial charge is 0.223 e. The zero-order chi connectivity index (χ0) is 23.3. The molecular weight excluding hydrogens is 467 g/mol. The van der Waals surface area contributed by atoms with Crippen LogP contribution >= 0.6 is 23.2 Å². The van der Waals surface area contributed by atoms with Crippen molar-refractivity contribution in [2.45, 2.75) is 57.4 Å². The molecule has 2 aromatic rings. The summed E-state index contributed by atoms with van der Waals surface area (Å²) in [5.74, 6) is 4.45. The molecule has 2 aromatic carbocycles. The maximum Gasteiger partial charge on any atom is 0.223 e. The quantitative estimate of drug-likeness (QED) is 0.450. The van der Waals surface area contributed by atoms with Crippen LogP contribution in [0.3, 0.4) is 0 Å². The maximum atomic E-state index is 13.2. The first-order valence-corrected chi connectivity index (χ1v) is 13.5. The summed E-state index contributed by atoms with van der Waals surface area (Å²) < 4.78 is 6.10. The Labute approximate surface area is 211 Å². The Hall–Kier alpha value is -1.91. The molecule has 180 valence electrons. The average Bonchev–Trinajstić information content (AvgIpc) is 3.23. The third-order valence-electron chi connectivity index (χ3n) is 8.79. The van der Waals surface area contributed by atoms with Crippen molar-refractivity contribution in [2.75, 3.05) is 18.4 Å². The second-order valence-electron chi connectivity index (χ2n) is 11.1. The first-order valence-electron chi connectivity index (χ1n) is 12.7. The van der Waals surface area contributed by atoms with Crippen molar-refractivity contribution < 1.29 is 9.53 Å². The van der Waals surface area contributed by atoms with Gasteiger partial charge in [-0.05, 0) is 98.4 Å². The van der Waals surface area contributed by atoms with Crippen LogP contribution in [0.5, 0.6) is 11.5 Å². The van der Waals surface area contributed by atoms with Crippen LogP contribution in [-0.2, 0) is 4.79 Å². The molecule has 2 atom stereocenters. The molecule has 2 unspecified atom stereocenters. The number of ether oxygens (including phenoxy) is 1. The fourth-order valence-corrected chi connectivity index (χ4v) is 7.92. The minimum atomic E-state index is 0.311. The Balaban J connectivity index is 1.05. The summed E-state index contributed by atoms with van der Waals surface area (Å²) in [6.07, 6.45) is 9.48. The number of halogens is 2. The Morgan fingerprint density at radius 1 is 1.00 bits per heavy atom. The third kappa shape index (κ3) is 4.40. The molecule has 6 heteroatoms. The zero-order valence-electron chi connectivity index (χ0n) is 19.4. The summed E-state index contributed by atoms with van der Waals surface area (Å²) in [7, 11) is 0. The van der Waals surface area contributed by atoms with E-state index in [1.807, 2.05) is 24.3 Å². The number of hydrogen-bond acceptors (Lipinski definition) is 3. The van der Waals surface area contributed by atoms with Crippen LogP contribution in [0.4, 0.5) is 5.69 Å². The van der Waals surface area contributed by atoms with E-state index in [2.05, 4.69) is 10.2 Å². The summed E-state index contributed by atoms with van der Waals surface area (Å²) in [4.78, 5) is 15.3. The van der Waals surface area contributed by atoms with Gasteiger partial charge in [0.15, 0.2) is 5.75 Å². The van der Waals surface area contributed by atoms with Crippen LogP contribution in [0.1, 0.15) is 51.4 Å². The van der Waals surface area contributed by atoms with E-state index in [0.29, 0.717) is 33.2 Å². The summed E-state index contributed by atoms with van der Waals surface area (Å²) in [6.45, 7) is 1.66. The predicted octanol–water partition coefficient (Wildman–Crippen LogP) is 7.41. The van der Waals surface area contributed by atoms with Crippen molar-refractivity contribution in [1.82, 2.24) is 4.90 Å². The van der Waals surface area contributed by atoms with Gasteiger partial charge in [-0.3, -0.25) is 4.79 Å². The number of nitrogens with one attached hydrogen (secondary N) is 1. The second kappa shape index (κ2) is 8.95. The lowest BCUT2D eigenvalue weighted by molar-refractivity contribution is -0.135. The van der Waals surface area contributed by atoms with Gasteiger partial charge in [0.1, 0.15) is 5.75 Å². The van der Waals surface area contributed by atoms with Gasteiger partial charge in [0.25, 0.3) is 0 Å². The number of carbonyl (C=O) groups is 1. The van der Waals surface area contributed by atoms with Gasteiger partial charge in [-0.15, -0.1) is 0 Å². The molecule has 4 bridgehead atoms. The van der Waals surface area contributed by atoms with E-state index in [-0.39, 0.29) is 0 Å². The number of para-hydroxylation sites is 2. The van der Waals surface area contributed by atoms with Crippen molar-refractivity contribution in [1.29, 1.82) is 0 Å². The van der Waals surface area contributed by atoms with Crippen molar-refractivity contribution in [2.24, 2.45) is 23.2 Å². The first-order chi connectivity index (χ1) is 16.5. The van der Waals surface area contributed by atoms with Crippen molar-refractivity contribution in [3.63, 3.8) is 0 Å². The molecule has 5 fully saturated rings. The summed E-state index contributed by atoms with van der Waals surface area (Å²) in [6, 6.07) is 13.5. The number of benzene rings is 2. The minimum Gasteiger partial charge on any atom is -0.454 e. The van der Waals surface area contributed by atoms with Crippen LogP contribution in [0, 0.1) is 23.2 Å². The van der Waals surface area contributed by atoms with Gasteiger partial charge in [-0.2, -0.15) is 0 Å². The van der Waals surface area contributed by atoms with Crippen LogP contribution in [0.2, 0.25) is 10.0 Å². The highest BCUT2D eigenvalue weighted by molar-refractivity contribution is 6.35. The Morgan fingerprint density at radius 2 is 1.74 bits per heavy atom. The van der Waals surface area contributed by atoms with Crippen LogP contribution in [0.25, 0.3) is 0 Å². The van der Waals surface area contributed by atoms with Crippen LogP contribution in [-0.4, -0.2) is 29.9 Å². The second-order valence-corrected chi connectivity index (χ2v) is 12.0. The zero-order valence-corrected chi connectivity index (χ0v) is 21.0. The lowest BCUT2D eigenvalue weighted by Crippen LogP contribution is -2.44. The highest BCUT2D eigenvalue weighted by Gasteiger charge is 2.56. The summed E-state index contributed by atoms with van der Waals surface area (Å²) in [5, 5.41) is 4.71. The average molecular weight is 499 g/mol. The van der Waals surface area contributed by atoms with Gasteiger partial charge in [-0.25, -0.2) is 0 Å². The highest BCUT2D eigenvalue weighted by Crippen LogP contribution is 2.65. The fourth-order valence-electron chi connectivity index (χ4n) is 7.47. The molecule has 7 rings (SSSR count). The molecule has 0 radical (unpaired) electrons. The molecule has 4 saturated carbocycles. The normalized spacial score (nSPS) is 30.1.